The third kappa shape index (κ3) is 3.85. The molecular weight excluding hydrogens is 368 g/mol. The van der Waals surface area contributed by atoms with Crippen molar-refractivity contribution in [2.24, 2.45) is 7.05 Å². The normalized spacial score (nSPS) is 13.0. The van der Waals surface area contributed by atoms with E-state index in [0.717, 1.165) is 12.0 Å². The smallest absolute Gasteiger partial charge is 0.262 e. The summed E-state index contributed by atoms with van der Waals surface area (Å²) in [6, 6.07) is 15.1. The highest BCUT2D eigenvalue weighted by Crippen LogP contribution is 2.25. The third-order valence-corrected chi connectivity index (χ3v) is 5.02. The van der Waals surface area contributed by atoms with Gasteiger partial charge >= 0.3 is 0 Å². The van der Waals surface area contributed by atoms with Crippen LogP contribution in [0.5, 0.6) is 5.88 Å². The number of nitrogens with one attached hydrogen (secondary N) is 1. The van der Waals surface area contributed by atoms with E-state index in [0.29, 0.717) is 29.9 Å². The summed E-state index contributed by atoms with van der Waals surface area (Å²) in [5.41, 5.74) is 3.96. The number of ether oxygens (including phenoxy) is 1. The number of aromatic nitrogens is 2. The predicted molar refractivity (Wildman–Crippen MR) is 109 cm³/mol. The standard InChI is InChI=1S/C22H22N4O3/c1-25-14-19(21(24-25)29-2)20(27)23-18-9-8-15-10-11-26(13-17(15)12-18)22(28)16-6-4-3-5-7-16/h3-9,12,14H,10-11,13H2,1-2H3,(H,23,27). The van der Waals surface area contributed by atoms with Gasteiger partial charge in [0.25, 0.3) is 11.8 Å². The Kier molecular flexibility index (Phi) is 5.03. The lowest BCUT2D eigenvalue weighted by molar-refractivity contribution is 0.0734. The van der Waals surface area contributed by atoms with E-state index in [1.807, 2.05) is 53.4 Å². The number of rotatable bonds is 4. The zero-order valence-electron chi connectivity index (χ0n) is 16.4. The summed E-state index contributed by atoms with van der Waals surface area (Å²) in [5.74, 6) is 0.0105. The number of anilines is 1. The molecule has 2 amide bonds. The Balaban J connectivity index is 1.51. The van der Waals surface area contributed by atoms with Gasteiger partial charge in [0.2, 0.25) is 5.88 Å². The number of carbonyl (C=O) groups excluding carboxylic acids is 2. The number of hydrogen-bond donors (Lipinski definition) is 1. The fraction of sp³-hybridized carbons (Fsp3) is 0.227. The lowest BCUT2D eigenvalue weighted by atomic mass is 9.98. The highest BCUT2D eigenvalue weighted by molar-refractivity contribution is 6.05. The number of nitrogens with zero attached hydrogens (tertiary/aromatic N) is 3. The van der Waals surface area contributed by atoms with Gasteiger partial charge in [-0.2, -0.15) is 0 Å². The van der Waals surface area contributed by atoms with E-state index in [4.69, 9.17) is 4.74 Å². The first-order chi connectivity index (χ1) is 14.0. The van der Waals surface area contributed by atoms with E-state index in [-0.39, 0.29) is 17.7 Å². The number of carbonyl (C=O) groups is 2. The van der Waals surface area contributed by atoms with Gasteiger partial charge in [0.05, 0.1) is 7.11 Å². The van der Waals surface area contributed by atoms with E-state index in [1.165, 1.54) is 17.4 Å². The molecule has 0 radical (unpaired) electrons. The molecule has 1 aliphatic rings. The second-order valence-electron chi connectivity index (χ2n) is 7.01. The summed E-state index contributed by atoms with van der Waals surface area (Å²) in [4.78, 5) is 27.2. The van der Waals surface area contributed by atoms with Crippen molar-refractivity contribution in [2.75, 3.05) is 19.0 Å². The third-order valence-electron chi connectivity index (χ3n) is 5.02. The summed E-state index contributed by atoms with van der Waals surface area (Å²) in [6.45, 7) is 1.20. The van der Waals surface area contributed by atoms with Crippen molar-refractivity contribution in [1.82, 2.24) is 14.7 Å². The molecule has 1 aromatic heterocycles. The minimum absolute atomic E-state index is 0.0192. The zero-order valence-corrected chi connectivity index (χ0v) is 16.4. The fourth-order valence-corrected chi connectivity index (χ4v) is 3.54. The summed E-state index contributed by atoms with van der Waals surface area (Å²) in [6.07, 6.45) is 2.41. The minimum atomic E-state index is -0.289. The van der Waals surface area contributed by atoms with Crippen molar-refractivity contribution < 1.29 is 14.3 Å². The molecule has 2 heterocycles. The predicted octanol–water partition coefficient (Wildman–Crippen LogP) is 2.88. The molecule has 0 saturated carbocycles. The summed E-state index contributed by atoms with van der Waals surface area (Å²) >= 11 is 0. The molecular formula is C22H22N4O3. The van der Waals surface area contributed by atoms with Crippen molar-refractivity contribution in [2.45, 2.75) is 13.0 Å². The first kappa shape index (κ1) is 18.7. The molecule has 4 rings (SSSR count). The van der Waals surface area contributed by atoms with Crippen LogP contribution in [-0.4, -0.2) is 40.1 Å². The van der Waals surface area contributed by atoms with Crippen molar-refractivity contribution in [3.8, 4) is 5.88 Å². The topological polar surface area (TPSA) is 76.5 Å². The average Bonchev–Trinajstić information content (AvgIpc) is 3.14. The Morgan fingerprint density at radius 1 is 1.10 bits per heavy atom. The maximum atomic E-state index is 12.8. The molecule has 0 atom stereocenters. The summed E-state index contributed by atoms with van der Waals surface area (Å²) in [5, 5.41) is 7.01. The first-order valence-electron chi connectivity index (χ1n) is 9.40. The maximum Gasteiger partial charge on any atom is 0.262 e. The Labute approximate surface area is 168 Å². The summed E-state index contributed by atoms with van der Waals surface area (Å²) < 4.78 is 6.70. The molecule has 7 heteroatoms. The number of hydrogen-bond acceptors (Lipinski definition) is 4. The molecule has 0 aliphatic carbocycles. The van der Waals surface area contributed by atoms with Crippen molar-refractivity contribution in [3.63, 3.8) is 0 Å². The minimum Gasteiger partial charge on any atom is -0.479 e. The quantitative estimate of drug-likeness (QED) is 0.743. The van der Waals surface area contributed by atoms with Crippen LogP contribution in [-0.2, 0) is 20.0 Å². The summed E-state index contributed by atoms with van der Waals surface area (Å²) in [7, 11) is 3.22. The number of fused-ring (bicyclic) bond motifs is 1. The van der Waals surface area contributed by atoms with Crippen LogP contribution in [0.3, 0.4) is 0 Å². The Bertz CT molecular complexity index is 1060. The van der Waals surface area contributed by atoms with Crippen LogP contribution >= 0.6 is 0 Å². The fourth-order valence-electron chi connectivity index (χ4n) is 3.54. The van der Waals surface area contributed by atoms with Gasteiger partial charge in [0.1, 0.15) is 5.56 Å². The molecule has 0 fully saturated rings. The molecule has 3 aromatic rings. The van der Waals surface area contributed by atoms with Gasteiger partial charge in [-0.05, 0) is 41.8 Å². The van der Waals surface area contributed by atoms with E-state index in [2.05, 4.69) is 10.4 Å². The highest BCUT2D eigenvalue weighted by atomic mass is 16.5. The molecule has 2 aromatic carbocycles. The van der Waals surface area contributed by atoms with E-state index in [1.54, 1.807) is 13.2 Å². The van der Waals surface area contributed by atoms with Gasteiger partial charge in [-0.25, -0.2) is 0 Å². The maximum absolute atomic E-state index is 12.8. The van der Waals surface area contributed by atoms with Crippen LogP contribution in [0.2, 0.25) is 0 Å². The Morgan fingerprint density at radius 3 is 2.66 bits per heavy atom. The van der Waals surface area contributed by atoms with Gasteiger partial charge < -0.3 is 15.0 Å². The number of amides is 2. The SMILES string of the molecule is COc1nn(C)cc1C(=O)Nc1ccc2c(c1)CN(C(=O)c1ccccc1)CC2. The van der Waals surface area contributed by atoms with Crippen LogP contribution in [0.25, 0.3) is 0 Å². The lowest BCUT2D eigenvalue weighted by Crippen LogP contribution is -2.36. The van der Waals surface area contributed by atoms with Gasteiger partial charge in [0.15, 0.2) is 0 Å². The van der Waals surface area contributed by atoms with Gasteiger partial charge in [0, 0.05) is 37.6 Å². The van der Waals surface area contributed by atoms with E-state index < -0.39 is 0 Å². The van der Waals surface area contributed by atoms with E-state index in [9.17, 15) is 9.59 Å². The average molecular weight is 390 g/mol. The van der Waals surface area contributed by atoms with Crippen LogP contribution in [0, 0.1) is 0 Å². The van der Waals surface area contributed by atoms with E-state index >= 15 is 0 Å². The Morgan fingerprint density at radius 2 is 1.90 bits per heavy atom. The van der Waals surface area contributed by atoms with Crippen LogP contribution in [0.15, 0.2) is 54.7 Å². The molecule has 0 saturated heterocycles. The molecule has 1 N–H and O–H groups in total. The lowest BCUT2D eigenvalue weighted by Gasteiger charge is -2.29. The Hall–Kier alpha value is -3.61. The van der Waals surface area contributed by atoms with Gasteiger partial charge in [-0.15, -0.1) is 5.10 Å². The molecule has 7 nitrogen and oxygen atoms in total. The second-order valence-corrected chi connectivity index (χ2v) is 7.01. The van der Waals surface area contributed by atoms with Crippen molar-refractivity contribution in [1.29, 1.82) is 0 Å². The molecule has 0 spiro atoms. The largest absolute Gasteiger partial charge is 0.479 e. The van der Waals surface area contributed by atoms with Crippen LogP contribution in [0.1, 0.15) is 31.8 Å². The monoisotopic (exact) mass is 390 g/mol. The molecule has 1 aliphatic heterocycles. The van der Waals surface area contributed by atoms with Crippen LogP contribution < -0.4 is 10.1 Å². The number of aryl methyl sites for hydroxylation is 1. The van der Waals surface area contributed by atoms with Crippen molar-refractivity contribution in [3.05, 3.63) is 77.0 Å². The second kappa shape index (κ2) is 7.79. The first-order valence-corrected chi connectivity index (χ1v) is 9.40. The molecule has 0 bridgehead atoms. The highest BCUT2D eigenvalue weighted by Gasteiger charge is 2.23. The molecule has 0 unspecified atom stereocenters. The van der Waals surface area contributed by atoms with Gasteiger partial charge in [-0.1, -0.05) is 24.3 Å². The van der Waals surface area contributed by atoms with Gasteiger partial charge in [-0.3, -0.25) is 14.3 Å². The number of methoxy groups -OCH3 is 1. The van der Waals surface area contributed by atoms with Crippen molar-refractivity contribution >= 4 is 17.5 Å². The number of benzene rings is 2. The van der Waals surface area contributed by atoms with Crippen LogP contribution in [0.4, 0.5) is 5.69 Å². The molecule has 29 heavy (non-hydrogen) atoms. The molecule has 148 valence electrons. The zero-order chi connectivity index (χ0) is 20.4.